The average Bonchev–Trinajstić information content (AvgIpc) is 3.17. The summed E-state index contributed by atoms with van der Waals surface area (Å²) in [5.74, 6) is 0.0808. The van der Waals surface area contributed by atoms with Gasteiger partial charge in [0.1, 0.15) is 29.4 Å². The molecule has 0 bridgehead atoms. The summed E-state index contributed by atoms with van der Waals surface area (Å²) in [6, 6.07) is 7.15. The van der Waals surface area contributed by atoms with E-state index in [1.807, 2.05) is 4.90 Å². The largest absolute Gasteiger partial charge is 0.497 e. The van der Waals surface area contributed by atoms with Gasteiger partial charge in [-0.05, 0) is 12.1 Å². The molecule has 26 heavy (non-hydrogen) atoms. The number of hydrogen-bond acceptors (Lipinski definition) is 7. The molecule has 1 aromatic carbocycles. The number of ether oxygens (including phenoxy) is 1. The van der Waals surface area contributed by atoms with Crippen molar-refractivity contribution in [2.24, 2.45) is 0 Å². The van der Waals surface area contributed by atoms with E-state index in [2.05, 4.69) is 4.98 Å². The van der Waals surface area contributed by atoms with E-state index in [4.69, 9.17) is 9.94 Å². The van der Waals surface area contributed by atoms with E-state index in [-0.39, 0.29) is 3.89 Å². The molecule has 1 amide bonds. The summed E-state index contributed by atoms with van der Waals surface area (Å²) in [4.78, 5) is 17.9. The van der Waals surface area contributed by atoms with Crippen LogP contribution in [-0.2, 0) is 11.3 Å². The second-order valence-electron chi connectivity index (χ2n) is 5.70. The number of piperazine rings is 1. The predicted molar refractivity (Wildman–Crippen MR) is 98.9 cm³/mol. The molecule has 1 aliphatic heterocycles. The second kappa shape index (κ2) is 7.68. The highest BCUT2D eigenvalue weighted by Crippen LogP contribution is 2.31. The summed E-state index contributed by atoms with van der Waals surface area (Å²) in [5.41, 5.74) is 2.32. The van der Waals surface area contributed by atoms with Crippen LogP contribution < -0.4 is 19.0 Å². The minimum absolute atomic E-state index is 0.0597. The lowest BCUT2D eigenvalue weighted by molar-refractivity contribution is 0.0710. The van der Waals surface area contributed by atoms with Crippen molar-refractivity contribution in [1.29, 1.82) is 0 Å². The molecule has 3 N–H and O–H groups in total. The molecule has 1 fully saturated rings. The first-order valence-corrected chi connectivity index (χ1v) is 9.66. The van der Waals surface area contributed by atoms with E-state index in [0.29, 0.717) is 41.9 Å². The number of methoxy groups -OCH3 is 1. The number of amides is 1. The molecule has 2 aromatic rings. The Morgan fingerprint density at radius 1 is 1.35 bits per heavy atom. The Hall–Kier alpha value is -2.05. The number of quaternary nitrogens is 1. The van der Waals surface area contributed by atoms with Crippen LogP contribution in [0.1, 0.15) is 9.67 Å². The molecule has 0 saturated carbocycles. The Kier molecular flexibility index (Phi) is 5.53. The van der Waals surface area contributed by atoms with Crippen molar-refractivity contribution in [2.45, 2.75) is 0 Å². The van der Waals surface area contributed by atoms with Gasteiger partial charge in [0.05, 0.1) is 26.4 Å². The number of rotatable bonds is 5. The molecule has 11 heteroatoms. The maximum atomic E-state index is 12.1. The van der Waals surface area contributed by atoms with Crippen LogP contribution in [0.15, 0.2) is 30.5 Å². The quantitative estimate of drug-likeness (QED) is 0.300. The smallest absolute Gasteiger partial charge is 0.363 e. The third-order valence-electron chi connectivity index (χ3n) is 4.39. The van der Waals surface area contributed by atoms with Crippen molar-refractivity contribution in [1.82, 2.24) is 14.4 Å². The van der Waals surface area contributed by atoms with Crippen molar-refractivity contribution in [3.8, 4) is 5.75 Å². The molecule has 1 unspecified atom stereocenters. The van der Waals surface area contributed by atoms with E-state index in [9.17, 15) is 13.6 Å². The lowest BCUT2D eigenvalue weighted by Gasteiger charge is -2.40. The third kappa shape index (κ3) is 3.44. The molecule has 3 rings (SSSR count). The number of thiazole rings is 1. The summed E-state index contributed by atoms with van der Waals surface area (Å²) in [5, 5.41) is 9.33. The van der Waals surface area contributed by atoms with Crippen LogP contribution in [0.25, 0.3) is 0 Å². The highest BCUT2D eigenvalue weighted by Gasteiger charge is 2.42. The number of anilines is 1. The number of carbonyl (C=O) groups is 1. The number of aromatic nitrogens is 1. The van der Waals surface area contributed by atoms with Crippen LogP contribution in [0.3, 0.4) is 0 Å². The molecule has 0 radical (unpaired) electrons. The number of benzene rings is 1. The molecular formula is C15H19N4O5S2+. The molecule has 1 atom stereocenters. The first kappa shape index (κ1) is 18.7. The van der Waals surface area contributed by atoms with E-state index in [1.54, 1.807) is 36.9 Å². The van der Waals surface area contributed by atoms with Gasteiger partial charge in [-0.1, -0.05) is 11.3 Å². The molecule has 2 heterocycles. The minimum atomic E-state index is -2.09. The van der Waals surface area contributed by atoms with Gasteiger partial charge in [0.25, 0.3) is 5.91 Å². The van der Waals surface area contributed by atoms with Crippen molar-refractivity contribution in [3.63, 3.8) is 0 Å². The van der Waals surface area contributed by atoms with Gasteiger partial charge in [-0.15, -0.1) is 0 Å². The summed E-state index contributed by atoms with van der Waals surface area (Å²) in [6.45, 7) is 1.84. The highest BCUT2D eigenvalue weighted by molar-refractivity contribution is 7.78. The molecule has 140 valence electrons. The van der Waals surface area contributed by atoms with Gasteiger partial charge in [0, 0.05) is 12.1 Å². The minimum Gasteiger partial charge on any atom is -0.497 e. The maximum absolute atomic E-state index is 12.1. The zero-order valence-electron chi connectivity index (χ0n) is 14.0. The summed E-state index contributed by atoms with van der Waals surface area (Å²) >= 11 is -0.927. The fraction of sp³-hybridized carbons (Fsp3) is 0.333. The van der Waals surface area contributed by atoms with Gasteiger partial charge in [-0.2, -0.15) is 8.10 Å². The van der Waals surface area contributed by atoms with Gasteiger partial charge in [-0.25, -0.2) is 10.5 Å². The number of carbonyl (C=O) groups excluding carboxylic acids is 1. The summed E-state index contributed by atoms with van der Waals surface area (Å²) in [7, 11) is 1.57. The predicted octanol–water partition coefficient (Wildman–Crippen LogP) is 1.23. The molecular weight excluding hydrogens is 380 g/mol. The van der Waals surface area contributed by atoms with Crippen molar-refractivity contribution < 1.29 is 23.5 Å². The molecule has 1 saturated heterocycles. The van der Waals surface area contributed by atoms with Crippen LogP contribution in [0.2, 0.25) is 0 Å². The van der Waals surface area contributed by atoms with E-state index in [0.717, 1.165) is 17.0 Å². The number of nitrogens with zero attached hydrogens (tertiary/aromatic N) is 3. The van der Waals surface area contributed by atoms with Gasteiger partial charge >= 0.3 is 11.3 Å². The van der Waals surface area contributed by atoms with Crippen LogP contribution in [0.4, 0.5) is 10.8 Å². The number of hydroxylamine groups is 1. The van der Waals surface area contributed by atoms with Crippen LogP contribution in [-0.4, -0.2) is 58.1 Å². The molecule has 0 aliphatic carbocycles. The number of nitrogens with one attached hydrogen (secondary N) is 1. The standard InChI is InChI=1S/C15H18N4O5S2/c1-24-12-4-2-11(3-5-12)19(26(22)23)8-6-18(7-9-19)15-16-10-13(25-15)14(20)17-21/h2-5,10H,6-9H2,1H3,(H2-,17,20,21,22,23)/p+1. The molecule has 1 aliphatic rings. The third-order valence-corrected chi connectivity index (χ3v) is 6.62. The van der Waals surface area contributed by atoms with E-state index < -0.39 is 17.2 Å². The lowest BCUT2D eigenvalue weighted by Crippen LogP contribution is -2.61. The highest BCUT2D eigenvalue weighted by atomic mass is 32.2. The fourth-order valence-corrected chi connectivity index (χ4v) is 4.54. The molecule has 9 nitrogen and oxygen atoms in total. The Labute approximate surface area is 156 Å². The Morgan fingerprint density at radius 2 is 2.00 bits per heavy atom. The van der Waals surface area contributed by atoms with E-state index >= 15 is 0 Å². The van der Waals surface area contributed by atoms with Gasteiger partial charge in [0.15, 0.2) is 5.13 Å². The number of hydrogen-bond donors (Lipinski definition) is 3. The Bertz CT molecular complexity index is 803. The van der Waals surface area contributed by atoms with Crippen LogP contribution >= 0.6 is 11.3 Å². The van der Waals surface area contributed by atoms with Crippen LogP contribution in [0.5, 0.6) is 5.75 Å². The first-order valence-electron chi connectivity index (χ1n) is 7.78. The zero-order valence-corrected chi connectivity index (χ0v) is 15.6. The van der Waals surface area contributed by atoms with Crippen LogP contribution in [0, 0.1) is 0 Å². The topological polar surface area (TPSA) is 112 Å². The van der Waals surface area contributed by atoms with Gasteiger partial charge in [0.2, 0.25) is 0 Å². The zero-order chi connectivity index (χ0) is 18.7. The monoisotopic (exact) mass is 399 g/mol. The molecule has 0 spiro atoms. The molecule has 1 aromatic heterocycles. The second-order valence-corrected chi connectivity index (χ2v) is 7.87. The SMILES string of the molecule is COc1ccc([N+]2(S(=O)O)CCN(c3ncc(C(=O)NO)s3)CC2)cc1. The average molecular weight is 399 g/mol. The summed E-state index contributed by atoms with van der Waals surface area (Å²) < 4.78 is 27.2. The lowest BCUT2D eigenvalue weighted by atomic mass is 10.2. The Balaban J connectivity index is 1.78. The first-order chi connectivity index (χ1) is 12.5. The Morgan fingerprint density at radius 3 is 2.54 bits per heavy atom. The van der Waals surface area contributed by atoms with Crippen molar-refractivity contribution in [3.05, 3.63) is 35.3 Å². The van der Waals surface area contributed by atoms with Crippen molar-refractivity contribution >= 4 is 39.3 Å². The van der Waals surface area contributed by atoms with Gasteiger partial charge < -0.3 is 9.64 Å². The van der Waals surface area contributed by atoms with Crippen molar-refractivity contribution in [2.75, 3.05) is 38.2 Å². The van der Waals surface area contributed by atoms with E-state index in [1.165, 1.54) is 6.20 Å². The maximum Gasteiger partial charge on any atom is 0.363 e. The normalized spacial score (nSPS) is 17.6. The summed E-state index contributed by atoms with van der Waals surface area (Å²) in [6.07, 6.45) is 1.40. The fourth-order valence-electron chi connectivity index (χ4n) is 2.91. The van der Waals surface area contributed by atoms with Gasteiger partial charge in [-0.3, -0.25) is 14.6 Å².